The largest absolute Gasteiger partial charge is 0.462 e. The average molecular weight is 807 g/mol. The van der Waals surface area contributed by atoms with Crippen molar-refractivity contribution >= 4 is 11.9 Å². The van der Waals surface area contributed by atoms with Crippen LogP contribution in [0.2, 0.25) is 0 Å². The zero-order valence-electron chi connectivity index (χ0n) is 38.0. The molecule has 0 aromatic heterocycles. The summed E-state index contributed by atoms with van der Waals surface area (Å²) in [6.07, 6.45) is 63.3. The maximum atomic E-state index is 12.6. The van der Waals surface area contributed by atoms with E-state index >= 15 is 0 Å². The quantitative estimate of drug-likeness (QED) is 0.0349. The van der Waals surface area contributed by atoms with Crippen LogP contribution in [0.25, 0.3) is 0 Å². The van der Waals surface area contributed by atoms with Crippen LogP contribution >= 0.6 is 0 Å². The lowest BCUT2D eigenvalue weighted by Gasteiger charge is -2.18. The molecule has 0 spiro atoms. The van der Waals surface area contributed by atoms with Crippen molar-refractivity contribution in [2.75, 3.05) is 19.8 Å². The van der Waals surface area contributed by atoms with Gasteiger partial charge in [-0.05, 0) is 96.3 Å². The van der Waals surface area contributed by atoms with E-state index in [9.17, 15) is 9.59 Å². The fraction of sp³-hybridized carbons (Fsp3) is 0.698. The number of allylic oxidation sites excluding steroid dienone is 14. The van der Waals surface area contributed by atoms with Gasteiger partial charge in [-0.3, -0.25) is 9.59 Å². The second-order valence-electron chi connectivity index (χ2n) is 15.6. The molecule has 0 aliphatic heterocycles. The van der Waals surface area contributed by atoms with Crippen LogP contribution in [-0.2, 0) is 23.8 Å². The SMILES string of the molecule is CC/C=C\C/C=C\C/C=C\C/C=C\CCCCCCC(=O)OCC(COCCCCCCCCC/C=C\C/C=C\C/C=C\CCCCC)OC(=O)CCCCCCC. The number of esters is 2. The van der Waals surface area contributed by atoms with Crippen molar-refractivity contribution < 1.29 is 23.8 Å². The maximum Gasteiger partial charge on any atom is 0.306 e. The van der Waals surface area contributed by atoms with Gasteiger partial charge in [0.1, 0.15) is 6.61 Å². The molecule has 0 heterocycles. The summed E-state index contributed by atoms with van der Waals surface area (Å²) >= 11 is 0. The van der Waals surface area contributed by atoms with Crippen LogP contribution in [0.1, 0.15) is 213 Å². The summed E-state index contributed by atoms with van der Waals surface area (Å²) in [7, 11) is 0. The van der Waals surface area contributed by atoms with E-state index in [4.69, 9.17) is 14.2 Å². The van der Waals surface area contributed by atoms with Gasteiger partial charge in [-0.25, -0.2) is 0 Å². The normalized spacial score (nSPS) is 12.9. The van der Waals surface area contributed by atoms with Crippen LogP contribution in [0.15, 0.2) is 85.1 Å². The molecular weight excluding hydrogens is 717 g/mol. The third-order valence-electron chi connectivity index (χ3n) is 9.92. The van der Waals surface area contributed by atoms with Crippen LogP contribution in [0.3, 0.4) is 0 Å². The van der Waals surface area contributed by atoms with Gasteiger partial charge in [0, 0.05) is 19.4 Å². The van der Waals surface area contributed by atoms with Gasteiger partial charge in [0.15, 0.2) is 6.10 Å². The zero-order valence-corrected chi connectivity index (χ0v) is 38.0. The molecule has 1 atom stereocenters. The van der Waals surface area contributed by atoms with Crippen molar-refractivity contribution in [3.63, 3.8) is 0 Å². The van der Waals surface area contributed by atoms with Crippen LogP contribution < -0.4 is 0 Å². The van der Waals surface area contributed by atoms with E-state index in [-0.39, 0.29) is 25.2 Å². The smallest absolute Gasteiger partial charge is 0.306 e. The number of carbonyl (C=O) groups excluding carboxylic acids is 2. The monoisotopic (exact) mass is 807 g/mol. The first-order chi connectivity index (χ1) is 28.6. The van der Waals surface area contributed by atoms with Gasteiger partial charge >= 0.3 is 11.9 Å². The summed E-state index contributed by atoms with van der Waals surface area (Å²) in [6.45, 7) is 7.56. The summed E-state index contributed by atoms with van der Waals surface area (Å²) in [6, 6.07) is 0. The molecule has 0 amide bonds. The number of ether oxygens (including phenoxy) is 3. The summed E-state index contributed by atoms with van der Waals surface area (Å²) < 4.78 is 17.2. The highest BCUT2D eigenvalue weighted by atomic mass is 16.6. The lowest BCUT2D eigenvalue weighted by atomic mass is 10.1. The topological polar surface area (TPSA) is 61.8 Å². The minimum atomic E-state index is -0.550. The first-order valence-electron chi connectivity index (χ1n) is 24.1. The Morgan fingerprint density at radius 3 is 1.28 bits per heavy atom. The third kappa shape index (κ3) is 45.8. The lowest BCUT2D eigenvalue weighted by Crippen LogP contribution is -2.30. The molecule has 5 nitrogen and oxygen atoms in total. The molecule has 58 heavy (non-hydrogen) atoms. The van der Waals surface area contributed by atoms with E-state index in [1.54, 1.807) is 0 Å². The Labute approximate surface area is 359 Å². The molecule has 0 aromatic carbocycles. The minimum absolute atomic E-state index is 0.0645. The van der Waals surface area contributed by atoms with Crippen molar-refractivity contribution in [2.24, 2.45) is 0 Å². The molecule has 0 aromatic rings. The van der Waals surface area contributed by atoms with Gasteiger partial charge in [-0.1, -0.05) is 189 Å². The number of carbonyl (C=O) groups is 2. The maximum absolute atomic E-state index is 12.6. The molecule has 0 N–H and O–H groups in total. The summed E-state index contributed by atoms with van der Waals surface area (Å²) in [5.74, 6) is -0.446. The van der Waals surface area contributed by atoms with Crippen molar-refractivity contribution in [3.8, 4) is 0 Å². The molecule has 0 bridgehead atoms. The Kier molecular flexibility index (Phi) is 46.0. The molecule has 0 radical (unpaired) electrons. The van der Waals surface area contributed by atoms with Gasteiger partial charge in [0.05, 0.1) is 6.61 Å². The molecule has 1 unspecified atom stereocenters. The van der Waals surface area contributed by atoms with Crippen LogP contribution in [0.5, 0.6) is 0 Å². The van der Waals surface area contributed by atoms with E-state index in [1.807, 2.05) is 0 Å². The highest BCUT2D eigenvalue weighted by Crippen LogP contribution is 2.12. The lowest BCUT2D eigenvalue weighted by molar-refractivity contribution is -0.163. The number of hydrogen-bond acceptors (Lipinski definition) is 5. The van der Waals surface area contributed by atoms with Crippen LogP contribution in [-0.4, -0.2) is 37.9 Å². The first kappa shape index (κ1) is 55.1. The summed E-state index contributed by atoms with van der Waals surface area (Å²) in [4.78, 5) is 25.1. The van der Waals surface area contributed by atoms with E-state index in [2.05, 4.69) is 106 Å². The summed E-state index contributed by atoms with van der Waals surface area (Å²) in [5.41, 5.74) is 0. The third-order valence-corrected chi connectivity index (χ3v) is 9.92. The molecule has 0 rings (SSSR count). The van der Waals surface area contributed by atoms with E-state index in [0.29, 0.717) is 19.4 Å². The molecule has 0 aliphatic rings. The van der Waals surface area contributed by atoms with E-state index in [1.165, 1.54) is 77.0 Å². The van der Waals surface area contributed by atoms with Gasteiger partial charge in [-0.2, -0.15) is 0 Å². The Morgan fingerprint density at radius 1 is 0.397 bits per heavy atom. The molecular formula is C53H90O5. The Morgan fingerprint density at radius 2 is 0.776 bits per heavy atom. The van der Waals surface area contributed by atoms with Crippen molar-refractivity contribution in [1.82, 2.24) is 0 Å². The Hall–Kier alpha value is -2.92. The van der Waals surface area contributed by atoms with E-state index in [0.717, 1.165) is 103 Å². The van der Waals surface area contributed by atoms with E-state index < -0.39 is 6.10 Å². The Balaban J connectivity index is 4.11. The van der Waals surface area contributed by atoms with Gasteiger partial charge < -0.3 is 14.2 Å². The number of rotatable bonds is 43. The fourth-order valence-electron chi connectivity index (χ4n) is 6.33. The number of unbranched alkanes of at least 4 members (excludes halogenated alkanes) is 18. The molecule has 0 fully saturated rings. The van der Waals surface area contributed by atoms with Gasteiger partial charge in [-0.15, -0.1) is 0 Å². The van der Waals surface area contributed by atoms with Crippen LogP contribution in [0, 0.1) is 0 Å². The average Bonchev–Trinajstić information content (AvgIpc) is 3.22. The van der Waals surface area contributed by atoms with Crippen molar-refractivity contribution in [1.29, 1.82) is 0 Å². The minimum Gasteiger partial charge on any atom is -0.462 e. The second kappa shape index (κ2) is 48.4. The van der Waals surface area contributed by atoms with Crippen LogP contribution in [0.4, 0.5) is 0 Å². The summed E-state index contributed by atoms with van der Waals surface area (Å²) in [5, 5.41) is 0. The zero-order chi connectivity index (χ0) is 42.1. The van der Waals surface area contributed by atoms with Gasteiger partial charge in [0.25, 0.3) is 0 Å². The molecule has 0 saturated heterocycles. The van der Waals surface area contributed by atoms with Crippen molar-refractivity contribution in [2.45, 2.75) is 219 Å². The molecule has 5 heteroatoms. The predicted molar refractivity (Wildman–Crippen MR) is 251 cm³/mol. The van der Waals surface area contributed by atoms with Crippen molar-refractivity contribution in [3.05, 3.63) is 85.1 Å². The standard InChI is InChI=1S/C53H90O5/c1-4-7-10-13-15-17-19-21-23-25-26-27-29-31-33-35-37-39-42-45-48-56-49-51(58-53(55)47-44-40-12-9-6-3)50-57-52(54)46-43-41-38-36-34-32-30-28-24-22-20-18-16-14-11-8-5-2/h8,11,15-18,21-24,26-27,30,32,51H,4-7,9-10,12-14,19-20,25,28-29,31,33-50H2,1-3H3/b11-8-,17-15-,18-16-,23-21-,24-22-,27-26-,32-30-. The highest BCUT2D eigenvalue weighted by molar-refractivity contribution is 5.70. The molecule has 0 aliphatic carbocycles. The fourth-order valence-corrected chi connectivity index (χ4v) is 6.33. The Bertz CT molecular complexity index is 1090. The second-order valence-corrected chi connectivity index (χ2v) is 15.6. The highest BCUT2D eigenvalue weighted by Gasteiger charge is 2.17. The first-order valence-corrected chi connectivity index (χ1v) is 24.1. The number of hydrogen-bond donors (Lipinski definition) is 0. The van der Waals surface area contributed by atoms with Gasteiger partial charge in [0.2, 0.25) is 0 Å². The molecule has 0 saturated carbocycles. The predicted octanol–water partition coefficient (Wildman–Crippen LogP) is 16.1. The molecule has 332 valence electrons.